The van der Waals surface area contributed by atoms with E-state index in [1.807, 2.05) is 34.6 Å². The van der Waals surface area contributed by atoms with Crippen molar-refractivity contribution in [2.24, 2.45) is 5.92 Å². The van der Waals surface area contributed by atoms with Gasteiger partial charge in [0.2, 0.25) is 0 Å². The van der Waals surface area contributed by atoms with Gasteiger partial charge in [-0.3, -0.25) is 10.5 Å². The fraction of sp³-hybridized carbons (Fsp3) is 1.00. The predicted octanol–water partition coefficient (Wildman–Crippen LogP) is 2.89. The van der Waals surface area contributed by atoms with Gasteiger partial charge in [0.05, 0.1) is 5.60 Å². The van der Waals surface area contributed by atoms with Crippen molar-refractivity contribution in [2.45, 2.75) is 65.3 Å². The summed E-state index contributed by atoms with van der Waals surface area (Å²) in [5, 5.41) is 17.9. The molecule has 2 unspecified atom stereocenters. The van der Waals surface area contributed by atoms with E-state index in [0.29, 0.717) is 6.42 Å². The van der Waals surface area contributed by atoms with Gasteiger partial charge in [0.1, 0.15) is 12.7 Å². The van der Waals surface area contributed by atoms with Crippen LogP contribution in [-0.2, 0) is 19.6 Å². The maximum Gasteiger partial charge on any atom is 0.156 e. The molecule has 0 aromatic heterocycles. The van der Waals surface area contributed by atoms with Crippen molar-refractivity contribution in [2.75, 3.05) is 6.61 Å². The molecule has 0 aliphatic carbocycles. The van der Waals surface area contributed by atoms with Gasteiger partial charge < -0.3 is 0 Å². The normalized spacial score (nSPS) is 17.8. The van der Waals surface area contributed by atoms with Crippen molar-refractivity contribution in [3.8, 4) is 0 Å². The molecule has 0 bridgehead atoms. The molecule has 6 heteroatoms. The molecule has 0 rings (SSSR count). The van der Waals surface area contributed by atoms with E-state index < -0.39 is 17.3 Å². The minimum absolute atomic E-state index is 0.0707. The highest BCUT2D eigenvalue weighted by atomic mass is 17.2. The summed E-state index contributed by atoms with van der Waals surface area (Å²) in [6.07, 6.45) is -0.210. The number of hydrogen-bond donors (Lipinski definition) is 2. The van der Waals surface area contributed by atoms with Crippen LogP contribution in [0.3, 0.4) is 0 Å². The van der Waals surface area contributed by atoms with Gasteiger partial charge in [0.25, 0.3) is 0 Å². The summed E-state index contributed by atoms with van der Waals surface area (Å²) in [5.74, 6) is 0.264. The summed E-state index contributed by atoms with van der Waals surface area (Å²) >= 11 is 0. The molecule has 0 radical (unpaired) electrons. The molecule has 0 aliphatic rings. The number of rotatable bonds is 8. The van der Waals surface area contributed by atoms with E-state index >= 15 is 0 Å². The van der Waals surface area contributed by atoms with Crippen LogP contribution in [-0.4, -0.2) is 34.4 Å². The van der Waals surface area contributed by atoms with Crippen molar-refractivity contribution in [1.82, 2.24) is 0 Å². The maximum absolute atomic E-state index is 9.00. The maximum atomic E-state index is 9.00. The lowest BCUT2D eigenvalue weighted by atomic mass is 9.92. The zero-order valence-electron chi connectivity index (χ0n) is 12.1. The Morgan fingerprint density at radius 2 is 1.61 bits per heavy atom. The summed E-state index contributed by atoms with van der Waals surface area (Å²) in [5.41, 5.74) is -1.67. The predicted molar refractivity (Wildman–Crippen MR) is 65.9 cm³/mol. The first kappa shape index (κ1) is 17.8. The lowest BCUT2D eigenvalue weighted by molar-refractivity contribution is -0.431. The van der Waals surface area contributed by atoms with E-state index in [1.54, 1.807) is 6.92 Å². The molecule has 0 saturated heterocycles. The Kier molecular flexibility index (Phi) is 7.28. The lowest BCUT2D eigenvalue weighted by Crippen LogP contribution is -2.47. The van der Waals surface area contributed by atoms with Gasteiger partial charge in [-0.25, -0.2) is 19.6 Å². The van der Waals surface area contributed by atoms with Crippen LogP contribution >= 0.6 is 0 Å². The molecule has 0 amide bonds. The standard InChI is InChI=1S/C12H26O6/c1-9(2)7-10(16-13)12(6,17-14)8-15-18-11(3,4)5/h9-10,13-14H,7-8H2,1-6H3. The van der Waals surface area contributed by atoms with Crippen LogP contribution in [0.4, 0.5) is 0 Å². The first-order valence-corrected chi connectivity index (χ1v) is 6.08. The SMILES string of the molecule is CC(C)CC(OO)C(C)(COOC(C)(C)C)OO. The second-order valence-corrected chi connectivity index (χ2v) is 6.09. The highest BCUT2D eigenvalue weighted by Gasteiger charge is 2.39. The molecule has 0 spiro atoms. The van der Waals surface area contributed by atoms with E-state index in [1.165, 1.54) is 0 Å². The van der Waals surface area contributed by atoms with Crippen molar-refractivity contribution in [3.05, 3.63) is 0 Å². The lowest BCUT2D eigenvalue weighted by Gasteiger charge is -2.33. The first-order chi connectivity index (χ1) is 8.14. The molecule has 110 valence electrons. The summed E-state index contributed by atoms with van der Waals surface area (Å²) in [6.45, 7) is 10.9. The third-order valence-electron chi connectivity index (χ3n) is 2.36. The Morgan fingerprint density at radius 1 is 1.06 bits per heavy atom. The highest BCUT2D eigenvalue weighted by Crippen LogP contribution is 2.24. The van der Waals surface area contributed by atoms with Crippen LogP contribution in [0.5, 0.6) is 0 Å². The first-order valence-electron chi connectivity index (χ1n) is 6.08. The molecule has 0 aromatic rings. The minimum Gasteiger partial charge on any atom is -0.251 e. The van der Waals surface area contributed by atoms with Gasteiger partial charge in [0.15, 0.2) is 5.60 Å². The average molecular weight is 266 g/mol. The van der Waals surface area contributed by atoms with E-state index in [0.717, 1.165) is 0 Å². The van der Waals surface area contributed by atoms with Gasteiger partial charge in [0, 0.05) is 0 Å². The van der Waals surface area contributed by atoms with Crippen LogP contribution < -0.4 is 0 Å². The van der Waals surface area contributed by atoms with E-state index in [9.17, 15) is 0 Å². The van der Waals surface area contributed by atoms with Crippen LogP contribution in [0, 0.1) is 5.92 Å². The summed E-state index contributed by atoms with van der Waals surface area (Å²) in [4.78, 5) is 18.9. The second-order valence-electron chi connectivity index (χ2n) is 6.09. The minimum atomic E-state index is -1.20. The Hall–Kier alpha value is -0.240. The van der Waals surface area contributed by atoms with E-state index in [-0.39, 0.29) is 12.5 Å². The van der Waals surface area contributed by atoms with Crippen LogP contribution in [0.2, 0.25) is 0 Å². The summed E-state index contributed by atoms with van der Waals surface area (Å²) in [6, 6.07) is 0. The molecule has 2 N–H and O–H groups in total. The topological polar surface area (TPSA) is 77.4 Å². The highest BCUT2D eigenvalue weighted by molar-refractivity contribution is 4.84. The zero-order valence-corrected chi connectivity index (χ0v) is 12.1. The van der Waals surface area contributed by atoms with Gasteiger partial charge >= 0.3 is 0 Å². The molecular formula is C12H26O6. The van der Waals surface area contributed by atoms with Gasteiger partial charge in [-0.05, 0) is 40.0 Å². The Labute approximate surface area is 109 Å². The fourth-order valence-corrected chi connectivity index (χ4v) is 1.33. The molecule has 6 nitrogen and oxygen atoms in total. The molecule has 18 heavy (non-hydrogen) atoms. The van der Waals surface area contributed by atoms with Crippen LogP contribution in [0.15, 0.2) is 0 Å². The van der Waals surface area contributed by atoms with Crippen LogP contribution in [0.25, 0.3) is 0 Å². The van der Waals surface area contributed by atoms with Crippen molar-refractivity contribution in [1.29, 1.82) is 0 Å². The van der Waals surface area contributed by atoms with E-state index in [2.05, 4.69) is 9.78 Å². The van der Waals surface area contributed by atoms with Crippen LogP contribution in [0.1, 0.15) is 48.0 Å². The van der Waals surface area contributed by atoms with Gasteiger partial charge in [-0.1, -0.05) is 13.8 Å². The third kappa shape index (κ3) is 6.63. The quantitative estimate of drug-likeness (QED) is 0.519. The Bertz CT molecular complexity index is 225. The monoisotopic (exact) mass is 266 g/mol. The number of hydrogen-bond acceptors (Lipinski definition) is 6. The second kappa shape index (κ2) is 7.37. The smallest absolute Gasteiger partial charge is 0.156 e. The fourth-order valence-electron chi connectivity index (χ4n) is 1.33. The van der Waals surface area contributed by atoms with Gasteiger partial charge in [-0.15, -0.1) is 0 Å². The van der Waals surface area contributed by atoms with Crippen molar-refractivity contribution < 1.29 is 30.1 Å². The van der Waals surface area contributed by atoms with Crippen molar-refractivity contribution >= 4 is 0 Å². The summed E-state index contributed by atoms with van der Waals surface area (Å²) in [7, 11) is 0. The molecule has 0 aliphatic heterocycles. The largest absolute Gasteiger partial charge is 0.251 e. The van der Waals surface area contributed by atoms with E-state index in [4.69, 9.17) is 20.3 Å². The van der Waals surface area contributed by atoms with Gasteiger partial charge in [-0.2, -0.15) is 0 Å². The molecule has 0 heterocycles. The third-order valence-corrected chi connectivity index (χ3v) is 2.36. The average Bonchev–Trinajstić information content (AvgIpc) is 2.23. The zero-order chi connectivity index (χ0) is 14.4. The molecule has 0 aromatic carbocycles. The Balaban J connectivity index is 4.47. The van der Waals surface area contributed by atoms with Crippen molar-refractivity contribution in [3.63, 3.8) is 0 Å². The molecule has 0 fully saturated rings. The Morgan fingerprint density at radius 3 is 1.94 bits per heavy atom. The molecule has 0 saturated carbocycles. The molecule has 2 atom stereocenters. The summed E-state index contributed by atoms with van der Waals surface area (Å²) < 4.78 is 0. The molecular weight excluding hydrogens is 240 g/mol.